The quantitative estimate of drug-likeness (QED) is 0.510. The number of ether oxygens (including phenoxy) is 1. The van der Waals surface area contributed by atoms with E-state index in [9.17, 15) is 0 Å². The van der Waals surface area contributed by atoms with Crippen LogP contribution in [-0.2, 0) is 17.2 Å². The molecule has 1 atom stereocenters. The summed E-state index contributed by atoms with van der Waals surface area (Å²) < 4.78 is 5.18. The number of epoxide rings is 1. The smallest absolute Gasteiger partial charge is 0.0813 e. The highest BCUT2D eigenvalue weighted by atomic mass is 28.1. The van der Waals surface area contributed by atoms with Crippen molar-refractivity contribution >= 4 is 10.2 Å². The van der Waals surface area contributed by atoms with Gasteiger partial charge >= 0.3 is 0 Å². The molecule has 70 valence electrons. The van der Waals surface area contributed by atoms with Gasteiger partial charge in [0.15, 0.2) is 0 Å². The van der Waals surface area contributed by atoms with Crippen molar-refractivity contribution in [3.05, 3.63) is 35.4 Å². The Morgan fingerprint density at radius 1 is 1.23 bits per heavy atom. The van der Waals surface area contributed by atoms with E-state index >= 15 is 0 Å². The van der Waals surface area contributed by atoms with Crippen molar-refractivity contribution in [2.75, 3.05) is 6.61 Å². The number of hydrogen-bond donors (Lipinski definition) is 0. The van der Waals surface area contributed by atoms with Gasteiger partial charge in [-0.2, -0.15) is 0 Å². The highest BCUT2D eigenvalue weighted by Crippen LogP contribution is 2.16. The molecule has 1 aliphatic heterocycles. The minimum atomic E-state index is 0.568. The summed E-state index contributed by atoms with van der Waals surface area (Å²) in [7, 11) is 1.26. The third kappa shape index (κ3) is 2.67. The van der Waals surface area contributed by atoms with Crippen molar-refractivity contribution in [1.29, 1.82) is 0 Å². The first-order chi connectivity index (χ1) is 6.38. The van der Waals surface area contributed by atoms with Crippen LogP contribution in [0.3, 0.4) is 0 Å². The van der Waals surface area contributed by atoms with Gasteiger partial charge < -0.3 is 4.74 Å². The lowest BCUT2D eigenvalue weighted by atomic mass is 10.1. The van der Waals surface area contributed by atoms with Crippen LogP contribution < -0.4 is 0 Å². The summed E-state index contributed by atoms with van der Waals surface area (Å²) in [5.74, 6) is 0. The van der Waals surface area contributed by atoms with Gasteiger partial charge in [0.05, 0.1) is 12.7 Å². The number of aryl methyl sites for hydroxylation is 1. The summed E-state index contributed by atoms with van der Waals surface area (Å²) in [4.78, 5) is 0. The van der Waals surface area contributed by atoms with Crippen molar-refractivity contribution in [2.45, 2.75) is 25.0 Å². The van der Waals surface area contributed by atoms with Crippen LogP contribution >= 0.6 is 0 Å². The maximum atomic E-state index is 5.18. The summed E-state index contributed by atoms with van der Waals surface area (Å²) in [6.45, 7) is 0.985. The third-order valence-electron chi connectivity index (χ3n) is 2.59. The van der Waals surface area contributed by atoms with Gasteiger partial charge in [0, 0.05) is 10.2 Å². The normalized spacial score (nSPS) is 20.5. The van der Waals surface area contributed by atoms with Crippen molar-refractivity contribution in [1.82, 2.24) is 0 Å². The Kier molecular flexibility index (Phi) is 2.81. The lowest BCUT2D eigenvalue weighted by Crippen LogP contribution is -1.91. The molecule has 1 saturated heterocycles. The molecule has 1 heterocycles. The third-order valence-corrected chi connectivity index (χ3v) is 3.41. The van der Waals surface area contributed by atoms with Gasteiger partial charge in [-0.15, -0.1) is 0 Å². The zero-order chi connectivity index (χ0) is 9.10. The molecule has 0 spiro atoms. The van der Waals surface area contributed by atoms with Gasteiger partial charge in [-0.1, -0.05) is 29.8 Å². The van der Waals surface area contributed by atoms with Crippen LogP contribution in [-0.4, -0.2) is 23.0 Å². The van der Waals surface area contributed by atoms with Gasteiger partial charge in [-0.25, -0.2) is 0 Å². The average Bonchev–Trinajstić information content (AvgIpc) is 2.99. The van der Waals surface area contributed by atoms with Gasteiger partial charge in [-0.3, -0.25) is 0 Å². The first kappa shape index (κ1) is 8.97. The van der Waals surface area contributed by atoms with Crippen LogP contribution in [0.1, 0.15) is 17.5 Å². The second-order valence-corrected chi connectivity index (χ2v) is 4.37. The Hall–Kier alpha value is -0.603. The predicted molar refractivity (Wildman–Crippen MR) is 58.1 cm³/mol. The first-order valence-electron chi connectivity index (χ1n) is 5.08. The van der Waals surface area contributed by atoms with Gasteiger partial charge in [0.2, 0.25) is 0 Å². The van der Waals surface area contributed by atoms with Crippen LogP contribution in [0.5, 0.6) is 0 Å². The lowest BCUT2D eigenvalue weighted by Gasteiger charge is -2.00. The zero-order valence-corrected chi connectivity index (χ0v) is 10.1. The molecular weight excluding hydrogens is 176 g/mol. The first-order valence-corrected chi connectivity index (χ1v) is 6.49. The van der Waals surface area contributed by atoms with E-state index in [0.29, 0.717) is 6.10 Å². The number of hydrogen-bond acceptors (Lipinski definition) is 1. The highest BCUT2D eigenvalue weighted by Gasteiger charge is 2.21. The fourth-order valence-electron chi connectivity index (χ4n) is 1.50. The summed E-state index contributed by atoms with van der Waals surface area (Å²) in [5, 5.41) is 0. The van der Waals surface area contributed by atoms with Crippen LogP contribution in [0.15, 0.2) is 24.3 Å². The molecule has 0 bridgehead atoms. The van der Waals surface area contributed by atoms with E-state index in [2.05, 4.69) is 24.3 Å². The lowest BCUT2D eigenvalue weighted by molar-refractivity contribution is 0.397. The SMILES string of the molecule is [SiH3]Cc1ccc(CCC2CO2)cc1. The fourth-order valence-corrected chi connectivity index (χ4v) is 1.98. The van der Waals surface area contributed by atoms with E-state index in [1.165, 1.54) is 40.3 Å². The Labute approximate surface area is 82.5 Å². The predicted octanol–water partition coefficient (Wildman–Crippen LogP) is 0.883. The Balaban J connectivity index is 1.88. The van der Waals surface area contributed by atoms with E-state index < -0.39 is 0 Å². The molecule has 1 aromatic carbocycles. The summed E-state index contributed by atoms with van der Waals surface area (Å²) in [6.07, 6.45) is 2.94. The molecule has 0 N–H and O–H groups in total. The standard InChI is InChI=1S/C11H16OSi/c13-8-10-3-1-9(2-4-10)5-6-11-7-12-11/h1-4,11H,5-8H2,13H3. The van der Waals surface area contributed by atoms with E-state index in [4.69, 9.17) is 4.74 Å². The average molecular weight is 192 g/mol. The number of rotatable bonds is 4. The van der Waals surface area contributed by atoms with Crippen LogP contribution in [0.4, 0.5) is 0 Å². The van der Waals surface area contributed by atoms with Crippen molar-refractivity contribution in [2.24, 2.45) is 0 Å². The molecule has 1 aliphatic rings. The van der Waals surface area contributed by atoms with Gasteiger partial charge in [0.25, 0.3) is 0 Å². The van der Waals surface area contributed by atoms with Crippen molar-refractivity contribution < 1.29 is 4.74 Å². The summed E-state index contributed by atoms with van der Waals surface area (Å²) >= 11 is 0. The van der Waals surface area contributed by atoms with E-state index in [1.807, 2.05) is 0 Å². The van der Waals surface area contributed by atoms with Crippen LogP contribution in [0, 0.1) is 0 Å². The Morgan fingerprint density at radius 2 is 1.85 bits per heavy atom. The topological polar surface area (TPSA) is 12.5 Å². The van der Waals surface area contributed by atoms with Crippen LogP contribution in [0.2, 0.25) is 0 Å². The Morgan fingerprint density at radius 3 is 2.38 bits per heavy atom. The largest absolute Gasteiger partial charge is 0.373 e. The molecule has 0 aliphatic carbocycles. The minimum absolute atomic E-state index is 0.568. The maximum absolute atomic E-state index is 5.18. The van der Waals surface area contributed by atoms with E-state index in [1.54, 1.807) is 0 Å². The monoisotopic (exact) mass is 192 g/mol. The molecule has 0 aromatic heterocycles. The van der Waals surface area contributed by atoms with Gasteiger partial charge in [0.1, 0.15) is 0 Å². The molecule has 13 heavy (non-hydrogen) atoms. The van der Waals surface area contributed by atoms with Crippen molar-refractivity contribution in [3.8, 4) is 0 Å². The molecule has 0 amide bonds. The molecule has 0 saturated carbocycles. The summed E-state index contributed by atoms with van der Waals surface area (Å²) in [6, 6.07) is 10.3. The highest BCUT2D eigenvalue weighted by molar-refractivity contribution is 6.08. The fraction of sp³-hybridized carbons (Fsp3) is 0.455. The van der Waals surface area contributed by atoms with Crippen molar-refractivity contribution in [3.63, 3.8) is 0 Å². The molecule has 1 nitrogen and oxygen atoms in total. The molecular formula is C11H16OSi. The molecule has 1 aromatic rings. The minimum Gasteiger partial charge on any atom is -0.373 e. The number of benzene rings is 1. The molecule has 2 heteroatoms. The van der Waals surface area contributed by atoms with E-state index in [-0.39, 0.29) is 0 Å². The molecule has 1 fully saturated rings. The van der Waals surface area contributed by atoms with E-state index in [0.717, 1.165) is 6.61 Å². The second kappa shape index (κ2) is 4.07. The Bertz CT molecular complexity index is 264. The van der Waals surface area contributed by atoms with Crippen LogP contribution in [0.25, 0.3) is 0 Å². The molecule has 0 radical (unpaired) electrons. The zero-order valence-electron chi connectivity index (χ0n) is 8.12. The summed E-state index contributed by atoms with van der Waals surface area (Å²) in [5.41, 5.74) is 2.94. The second-order valence-electron chi connectivity index (χ2n) is 3.66. The molecule has 1 unspecified atom stereocenters. The molecule has 2 rings (SSSR count). The maximum Gasteiger partial charge on any atom is 0.0813 e. The van der Waals surface area contributed by atoms with Gasteiger partial charge in [-0.05, 0) is 24.4 Å².